The monoisotopic (exact) mass is 235 g/mol. The van der Waals surface area contributed by atoms with Crippen LogP contribution in [-0.4, -0.2) is 9.97 Å². The van der Waals surface area contributed by atoms with Crippen LogP contribution in [0.5, 0.6) is 5.75 Å². The highest BCUT2D eigenvalue weighted by atomic mass is 16.6. The summed E-state index contributed by atoms with van der Waals surface area (Å²) in [6.07, 6.45) is 3.70. The number of hydrogen-bond donors (Lipinski definition) is 1. The molecule has 0 amide bonds. The summed E-state index contributed by atoms with van der Waals surface area (Å²) in [6.45, 7) is 0. The second-order valence-electron chi connectivity index (χ2n) is 4.11. The predicted molar refractivity (Wildman–Crippen MR) is 69.8 cm³/mol. The Morgan fingerprint density at radius 2 is 1.72 bits per heavy atom. The number of hydrogen-bond acceptors (Lipinski definition) is 4. The van der Waals surface area contributed by atoms with E-state index in [1.807, 2.05) is 42.5 Å². The van der Waals surface area contributed by atoms with E-state index < -0.39 is 0 Å². The SMILES string of the molecule is C1=Cc2c(ccc3nc4ccccc4nc23)ON1. The van der Waals surface area contributed by atoms with Gasteiger partial charge in [-0.15, -0.1) is 0 Å². The summed E-state index contributed by atoms with van der Waals surface area (Å²) in [5.41, 5.74) is 7.22. The van der Waals surface area contributed by atoms with E-state index in [9.17, 15) is 0 Å². The van der Waals surface area contributed by atoms with Gasteiger partial charge in [0, 0.05) is 11.8 Å². The van der Waals surface area contributed by atoms with Gasteiger partial charge < -0.3 is 4.84 Å². The summed E-state index contributed by atoms with van der Waals surface area (Å²) < 4.78 is 0. The van der Waals surface area contributed by atoms with Gasteiger partial charge in [-0.25, -0.2) is 15.4 Å². The minimum atomic E-state index is 0.773. The first-order valence-corrected chi connectivity index (χ1v) is 5.70. The highest BCUT2D eigenvalue weighted by molar-refractivity contribution is 5.93. The lowest BCUT2D eigenvalue weighted by Gasteiger charge is -2.14. The molecule has 1 aliphatic rings. The van der Waals surface area contributed by atoms with E-state index in [2.05, 4.69) is 15.4 Å². The molecule has 0 fully saturated rings. The Labute approximate surface area is 103 Å². The van der Waals surface area contributed by atoms with E-state index in [4.69, 9.17) is 4.84 Å². The molecule has 0 saturated heterocycles. The zero-order valence-electron chi connectivity index (χ0n) is 9.42. The summed E-state index contributed by atoms with van der Waals surface area (Å²) >= 11 is 0. The standard InChI is InChI=1S/C14H9N3O/c1-2-4-11-10(3-1)16-12-5-6-13-9(14(12)17-11)7-8-15-18-13/h1-8,15H. The zero-order valence-corrected chi connectivity index (χ0v) is 9.42. The number of fused-ring (bicyclic) bond motifs is 4. The molecule has 1 aromatic heterocycles. The molecule has 0 saturated carbocycles. The van der Waals surface area contributed by atoms with Gasteiger partial charge in [-0.1, -0.05) is 12.1 Å². The number of nitrogens with zero attached hydrogens (tertiary/aromatic N) is 2. The Balaban J connectivity index is 2.16. The topological polar surface area (TPSA) is 47.0 Å². The summed E-state index contributed by atoms with van der Waals surface area (Å²) in [6, 6.07) is 11.7. The largest absolute Gasteiger partial charge is 0.382 e. The Bertz CT molecular complexity index is 796. The average molecular weight is 235 g/mol. The molecule has 0 unspecified atom stereocenters. The Morgan fingerprint density at radius 3 is 2.61 bits per heavy atom. The molecular formula is C14H9N3O. The van der Waals surface area contributed by atoms with E-state index in [0.29, 0.717) is 0 Å². The molecule has 0 bridgehead atoms. The zero-order chi connectivity index (χ0) is 11.9. The maximum Gasteiger partial charge on any atom is 0.164 e. The van der Waals surface area contributed by atoms with Crippen molar-refractivity contribution < 1.29 is 4.84 Å². The molecule has 0 atom stereocenters. The van der Waals surface area contributed by atoms with Crippen molar-refractivity contribution in [3.05, 3.63) is 48.2 Å². The van der Waals surface area contributed by atoms with E-state index in [0.717, 1.165) is 33.4 Å². The van der Waals surface area contributed by atoms with E-state index in [1.165, 1.54) is 0 Å². The molecule has 0 radical (unpaired) electrons. The predicted octanol–water partition coefficient (Wildman–Crippen LogP) is 2.65. The van der Waals surface area contributed by atoms with Crippen LogP contribution >= 0.6 is 0 Å². The molecule has 2 heterocycles. The quantitative estimate of drug-likeness (QED) is 0.608. The van der Waals surface area contributed by atoms with Crippen LogP contribution < -0.4 is 10.3 Å². The first-order chi connectivity index (χ1) is 8.92. The lowest BCUT2D eigenvalue weighted by atomic mass is 10.1. The van der Waals surface area contributed by atoms with Crippen LogP contribution in [-0.2, 0) is 0 Å². The van der Waals surface area contributed by atoms with Gasteiger partial charge in [0.2, 0.25) is 0 Å². The molecule has 3 aromatic rings. The summed E-state index contributed by atoms with van der Waals surface area (Å²) in [5, 5.41) is 0. The van der Waals surface area contributed by atoms with Gasteiger partial charge in [0.25, 0.3) is 0 Å². The number of rotatable bonds is 0. The molecule has 2 aromatic carbocycles. The fraction of sp³-hybridized carbons (Fsp3) is 0. The highest BCUT2D eigenvalue weighted by Crippen LogP contribution is 2.29. The maximum atomic E-state index is 5.34. The van der Waals surface area contributed by atoms with Crippen LogP contribution in [0.2, 0.25) is 0 Å². The minimum Gasteiger partial charge on any atom is -0.382 e. The fourth-order valence-corrected chi connectivity index (χ4v) is 2.15. The first kappa shape index (κ1) is 9.41. The molecule has 18 heavy (non-hydrogen) atoms. The van der Waals surface area contributed by atoms with Crippen molar-refractivity contribution in [2.24, 2.45) is 0 Å². The van der Waals surface area contributed by atoms with Crippen LogP contribution in [0.1, 0.15) is 5.56 Å². The van der Waals surface area contributed by atoms with Crippen LogP contribution in [0.15, 0.2) is 42.6 Å². The number of hydroxylamine groups is 1. The molecule has 4 heteroatoms. The van der Waals surface area contributed by atoms with Gasteiger partial charge in [0.1, 0.15) is 5.52 Å². The number of para-hydroxylation sites is 2. The van der Waals surface area contributed by atoms with Gasteiger partial charge in [-0.3, -0.25) is 0 Å². The van der Waals surface area contributed by atoms with Crippen molar-refractivity contribution in [1.29, 1.82) is 0 Å². The third-order valence-corrected chi connectivity index (χ3v) is 3.00. The Kier molecular flexibility index (Phi) is 1.80. The minimum absolute atomic E-state index is 0.773. The smallest absolute Gasteiger partial charge is 0.164 e. The van der Waals surface area contributed by atoms with Gasteiger partial charge >= 0.3 is 0 Å². The second-order valence-corrected chi connectivity index (χ2v) is 4.11. The van der Waals surface area contributed by atoms with Crippen LogP contribution in [0, 0.1) is 0 Å². The van der Waals surface area contributed by atoms with Gasteiger partial charge in [-0.2, -0.15) is 0 Å². The molecular weight excluding hydrogens is 226 g/mol. The van der Waals surface area contributed by atoms with E-state index in [-0.39, 0.29) is 0 Å². The van der Waals surface area contributed by atoms with Crippen molar-refractivity contribution >= 4 is 28.1 Å². The molecule has 0 aliphatic carbocycles. The maximum absolute atomic E-state index is 5.34. The van der Waals surface area contributed by atoms with Crippen molar-refractivity contribution in [2.75, 3.05) is 0 Å². The van der Waals surface area contributed by atoms with Gasteiger partial charge in [-0.05, 0) is 30.3 Å². The first-order valence-electron chi connectivity index (χ1n) is 5.70. The van der Waals surface area contributed by atoms with E-state index >= 15 is 0 Å². The lowest BCUT2D eigenvalue weighted by molar-refractivity contribution is 0.239. The Morgan fingerprint density at radius 1 is 0.889 bits per heavy atom. The number of aromatic nitrogens is 2. The van der Waals surface area contributed by atoms with Crippen LogP contribution in [0.25, 0.3) is 28.1 Å². The fourth-order valence-electron chi connectivity index (χ4n) is 2.15. The van der Waals surface area contributed by atoms with Gasteiger partial charge in [0.05, 0.1) is 16.6 Å². The lowest BCUT2D eigenvalue weighted by Crippen LogP contribution is -2.14. The summed E-state index contributed by atoms with van der Waals surface area (Å²) in [4.78, 5) is 14.6. The molecule has 1 aliphatic heterocycles. The molecule has 4 nitrogen and oxygen atoms in total. The van der Waals surface area contributed by atoms with Crippen LogP contribution in [0.3, 0.4) is 0 Å². The van der Waals surface area contributed by atoms with Crippen molar-refractivity contribution in [3.8, 4) is 5.75 Å². The second kappa shape index (κ2) is 3.43. The molecule has 1 N–H and O–H groups in total. The highest BCUT2D eigenvalue weighted by Gasteiger charge is 2.12. The Hall–Kier alpha value is -2.62. The third kappa shape index (κ3) is 1.26. The number of nitrogens with one attached hydrogen (secondary N) is 1. The van der Waals surface area contributed by atoms with Crippen molar-refractivity contribution in [3.63, 3.8) is 0 Å². The molecule has 4 rings (SSSR count). The van der Waals surface area contributed by atoms with E-state index in [1.54, 1.807) is 6.20 Å². The van der Waals surface area contributed by atoms with Gasteiger partial charge in [0.15, 0.2) is 5.75 Å². The average Bonchev–Trinajstić information content (AvgIpc) is 2.45. The molecule has 86 valence electrons. The normalized spacial score (nSPS) is 13.1. The molecule has 0 spiro atoms. The number of benzene rings is 2. The van der Waals surface area contributed by atoms with Crippen molar-refractivity contribution in [1.82, 2.24) is 15.4 Å². The summed E-state index contributed by atoms with van der Waals surface area (Å²) in [7, 11) is 0. The van der Waals surface area contributed by atoms with Crippen LogP contribution in [0.4, 0.5) is 0 Å². The summed E-state index contributed by atoms with van der Waals surface area (Å²) in [5.74, 6) is 0.773. The third-order valence-electron chi connectivity index (χ3n) is 3.00. The van der Waals surface area contributed by atoms with Crippen molar-refractivity contribution in [2.45, 2.75) is 0 Å².